The highest BCUT2D eigenvalue weighted by molar-refractivity contribution is 7.18. The van der Waals surface area contributed by atoms with Gasteiger partial charge in [-0.25, -0.2) is 4.98 Å². The molecule has 0 spiro atoms. The topological polar surface area (TPSA) is 90.4 Å². The molecule has 4 heterocycles. The molecule has 1 amide bonds. The molecule has 0 unspecified atom stereocenters. The van der Waals surface area contributed by atoms with E-state index in [1.165, 1.54) is 11.3 Å². The van der Waals surface area contributed by atoms with Crippen molar-refractivity contribution in [3.63, 3.8) is 0 Å². The van der Waals surface area contributed by atoms with Crippen molar-refractivity contribution in [1.82, 2.24) is 9.97 Å². The number of nitrogens with zero attached hydrogens (tertiary/aromatic N) is 2. The Kier molecular flexibility index (Phi) is 5.48. The molecule has 3 aromatic rings. The number of carbonyl (C=O) groups is 2. The number of nitrogens with one attached hydrogen (secondary N) is 1. The third kappa shape index (κ3) is 4.08. The lowest BCUT2D eigenvalue weighted by Gasteiger charge is -2.20. The number of hydrogen-bond acceptors (Lipinski definition) is 7. The highest BCUT2D eigenvalue weighted by Crippen LogP contribution is 2.34. The lowest BCUT2D eigenvalue weighted by molar-refractivity contribution is 0.0547. The number of pyridine rings is 1. The van der Waals surface area contributed by atoms with Crippen LogP contribution in [0.15, 0.2) is 42.6 Å². The minimum atomic E-state index is -0.315. The Morgan fingerprint density at radius 2 is 1.97 bits per heavy atom. The molecular formula is C23H21N3O4S. The minimum absolute atomic E-state index is 0.0417. The fourth-order valence-corrected chi connectivity index (χ4v) is 4.78. The van der Waals surface area contributed by atoms with E-state index in [2.05, 4.69) is 15.3 Å². The van der Waals surface area contributed by atoms with Gasteiger partial charge in [-0.3, -0.25) is 19.9 Å². The summed E-state index contributed by atoms with van der Waals surface area (Å²) in [5.41, 5.74) is 1.78. The molecule has 0 saturated carbocycles. The van der Waals surface area contributed by atoms with Crippen LogP contribution < -0.4 is 5.32 Å². The Morgan fingerprint density at radius 3 is 2.77 bits per heavy atom. The van der Waals surface area contributed by atoms with Crippen LogP contribution >= 0.6 is 11.3 Å². The molecule has 158 valence electrons. The van der Waals surface area contributed by atoms with Crippen LogP contribution in [0.5, 0.6) is 0 Å². The number of carbonyl (C=O) groups excluding carboxylic acids is 2. The molecule has 0 aliphatic carbocycles. The van der Waals surface area contributed by atoms with Crippen molar-refractivity contribution in [3.8, 4) is 0 Å². The third-order valence-electron chi connectivity index (χ3n) is 5.45. The van der Waals surface area contributed by atoms with E-state index in [1.54, 1.807) is 12.3 Å². The smallest absolute Gasteiger partial charge is 0.259 e. The SMILES string of the molecule is O=C(Nc1nc(C2=CCCO2)c(C(=O)C2CCOCC2)s1)c1cnc2ccccc2c1. The molecule has 0 atom stereocenters. The van der Waals surface area contributed by atoms with E-state index in [4.69, 9.17) is 9.47 Å². The Bertz CT molecular complexity index is 1180. The zero-order valence-electron chi connectivity index (χ0n) is 16.8. The summed E-state index contributed by atoms with van der Waals surface area (Å²) in [6.07, 6.45) is 5.65. The Hall–Kier alpha value is -3.10. The predicted octanol–water partition coefficient (Wildman–Crippen LogP) is 4.31. The Morgan fingerprint density at radius 1 is 1.13 bits per heavy atom. The monoisotopic (exact) mass is 435 g/mol. The number of aromatic nitrogens is 2. The zero-order chi connectivity index (χ0) is 21.2. The number of fused-ring (bicyclic) bond motifs is 1. The number of rotatable bonds is 5. The van der Waals surface area contributed by atoms with Crippen LogP contribution in [-0.2, 0) is 9.47 Å². The van der Waals surface area contributed by atoms with E-state index >= 15 is 0 Å². The maximum Gasteiger partial charge on any atom is 0.259 e. The number of ketones is 1. The van der Waals surface area contributed by atoms with Crippen molar-refractivity contribution < 1.29 is 19.1 Å². The van der Waals surface area contributed by atoms with Crippen molar-refractivity contribution in [2.45, 2.75) is 19.3 Å². The summed E-state index contributed by atoms with van der Waals surface area (Å²) in [6.45, 7) is 1.74. The van der Waals surface area contributed by atoms with Gasteiger partial charge in [0.25, 0.3) is 5.91 Å². The molecule has 31 heavy (non-hydrogen) atoms. The van der Waals surface area contributed by atoms with Crippen molar-refractivity contribution >= 4 is 44.8 Å². The van der Waals surface area contributed by atoms with Gasteiger partial charge in [-0.05, 0) is 31.1 Å². The molecule has 0 bridgehead atoms. The van der Waals surface area contributed by atoms with Crippen LogP contribution in [0.1, 0.15) is 45.0 Å². The van der Waals surface area contributed by atoms with Gasteiger partial charge in [-0.1, -0.05) is 29.5 Å². The maximum absolute atomic E-state index is 13.2. The fraction of sp³-hybridized carbons (Fsp3) is 0.304. The number of Topliss-reactive ketones (excluding diaryl/α,β-unsaturated/α-hetero) is 1. The number of thiazole rings is 1. The van der Waals surface area contributed by atoms with E-state index in [1.807, 2.05) is 30.3 Å². The maximum atomic E-state index is 13.2. The summed E-state index contributed by atoms with van der Waals surface area (Å²) in [4.78, 5) is 35.5. The van der Waals surface area contributed by atoms with Crippen molar-refractivity contribution in [2.24, 2.45) is 5.92 Å². The van der Waals surface area contributed by atoms with E-state index in [9.17, 15) is 9.59 Å². The van der Waals surface area contributed by atoms with Gasteiger partial charge in [-0.2, -0.15) is 0 Å². The summed E-state index contributed by atoms with van der Waals surface area (Å²) in [7, 11) is 0. The lowest BCUT2D eigenvalue weighted by atomic mass is 9.94. The van der Waals surface area contributed by atoms with Gasteiger partial charge in [0.1, 0.15) is 16.3 Å². The van der Waals surface area contributed by atoms with E-state index < -0.39 is 0 Å². The first-order valence-electron chi connectivity index (χ1n) is 10.3. The molecule has 1 fully saturated rings. The molecule has 7 nitrogen and oxygen atoms in total. The van der Waals surface area contributed by atoms with Gasteiger partial charge in [-0.15, -0.1) is 0 Å². The molecule has 5 rings (SSSR count). The zero-order valence-corrected chi connectivity index (χ0v) is 17.6. The highest BCUT2D eigenvalue weighted by Gasteiger charge is 2.30. The average Bonchev–Trinajstić information content (AvgIpc) is 3.49. The number of hydrogen-bond donors (Lipinski definition) is 1. The molecular weight excluding hydrogens is 414 g/mol. The number of anilines is 1. The number of amides is 1. The van der Waals surface area contributed by atoms with Crippen molar-refractivity contribution in [1.29, 1.82) is 0 Å². The average molecular weight is 436 g/mol. The minimum Gasteiger partial charge on any atom is -0.491 e. The quantitative estimate of drug-likeness (QED) is 0.601. The standard InChI is InChI=1S/C23H21N3O4S/c27-20(14-7-10-29-11-8-14)21-19(18-6-3-9-30-18)25-23(31-21)26-22(28)16-12-15-4-1-2-5-17(15)24-13-16/h1-2,4-6,12-14H,3,7-11H2,(H,25,26,28). The van der Waals surface area contributed by atoms with E-state index in [0.29, 0.717) is 59.7 Å². The Labute approximate surface area is 183 Å². The normalized spacial score (nSPS) is 16.7. The molecule has 0 radical (unpaired) electrons. The van der Waals surface area contributed by atoms with Gasteiger partial charge in [0.15, 0.2) is 10.9 Å². The van der Waals surface area contributed by atoms with Gasteiger partial charge in [0.2, 0.25) is 0 Å². The van der Waals surface area contributed by atoms with Crippen molar-refractivity contribution in [2.75, 3.05) is 25.1 Å². The molecule has 2 aromatic heterocycles. The molecule has 8 heteroatoms. The molecule has 2 aliphatic heterocycles. The van der Waals surface area contributed by atoms with Crippen LogP contribution in [0.25, 0.3) is 16.7 Å². The summed E-state index contributed by atoms with van der Waals surface area (Å²) in [6, 6.07) is 9.41. The van der Waals surface area contributed by atoms with Gasteiger partial charge in [0, 0.05) is 37.1 Å². The second-order valence-corrected chi connectivity index (χ2v) is 8.52. The first kappa shape index (κ1) is 19.8. The van der Waals surface area contributed by atoms with Crippen LogP contribution in [0, 0.1) is 5.92 Å². The first-order chi connectivity index (χ1) is 15.2. The fourth-order valence-electron chi connectivity index (χ4n) is 3.80. The van der Waals surface area contributed by atoms with Gasteiger partial charge >= 0.3 is 0 Å². The van der Waals surface area contributed by atoms with Crippen LogP contribution in [0.4, 0.5) is 5.13 Å². The van der Waals surface area contributed by atoms with Gasteiger partial charge in [0.05, 0.1) is 17.7 Å². The van der Waals surface area contributed by atoms with Crippen LogP contribution in [0.2, 0.25) is 0 Å². The summed E-state index contributed by atoms with van der Waals surface area (Å²) < 4.78 is 11.1. The highest BCUT2D eigenvalue weighted by atomic mass is 32.1. The second kappa shape index (κ2) is 8.56. The summed E-state index contributed by atoms with van der Waals surface area (Å²) in [5, 5.41) is 4.09. The summed E-state index contributed by atoms with van der Waals surface area (Å²) >= 11 is 1.20. The van der Waals surface area contributed by atoms with Crippen LogP contribution in [-0.4, -0.2) is 41.5 Å². The van der Waals surface area contributed by atoms with Crippen molar-refractivity contribution in [3.05, 3.63) is 58.7 Å². The number of benzene rings is 1. The number of ether oxygens (including phenoxy) is 2. The molecule has 1 saturated heterocycles. The van der Waals surface area contributed by atoms with Gasteiger partial charge < -0.3 is 9.47 Å². The largest absolute Gasteiger partial charge is 0.491 e. The predicted molar refractivity (Wildman–Crippen MR) is 118 cm³/mol. The molecule has 2 aliphatic rings. The third-order valence-corrected chi connectivity index (χ3v) is 6.44. The Balaban J connectivity index is 1.43. The lowest BCUT2D eigenvalue weighted by Crippen LogP contribution is -2.23. The first-order valence-corrected chi connectivity index (χ1v) is 11.1. The summed E-state index contributed by atoms with van der Waals surface area (Å²) in [5.74, 6) is 0.243. The van der Waals surface area contributed by atoms with E-state index in [-0.39, 0.29) is 17.6 Å². The second-order valence-electron chi connectivity index (χ2n) is 7.52. The molecule has 1 N–H and O–H groups in total. The van der Waals surface area contributed by atoms with E-state index in [0.717, 1.165) is 17.3 Å². The van der Waals surface area contributed by atoms with Crippen LogP contribution in [0.3, 0.4) is 0 Å². The number of para-hydroxylation sites is 1. The molecule has 1 aromatic carbocycles.